The van der Waals surface area contributed by atoms with Crippen LogP contribution in [0.2, 0.25) is 0 Å². The molecule has 0 saturated heterocycles. The van der Waals surface area contributed by atoms with Crippen molar-refractivity contribution in [3.05, 3.63) is 89.6 Å². The topological polar surface area (TPSA) is 63.7 Å². The fraction of sp³-hybridized carbons (Fsp3) is 0.125. The molecule has 0 fully saturated rings. The molecule has 0 aliphatic carbocycles. The molecule has 148 valence electrons. The van der Waals surface area contributed by atoms with Crippen LogP contribution in [0.1, 0.15) is 27.3 Å². The van der Waals surface area contributed by atoms with Gasteiger partial charge in [-0.05, 0) is 56.2 Å². The van der Waals surface area contributed by atoms with Crippen molar-refractivity contribution in [2.75, 3.05) is 5.32 Å². The van der Waals surface area contributed by atoms with Crippen LogP contribution in [0.3, 0.4) is 0 Å². The lowest BCUT2D eigenvalue weighted by atomic mass is 10.1. The van der Waals surface area contributed by atoms with Crippen LogP contribution in [0.25, 0.3) is 22.6 Å². The first-order valence-electron chi connectivity index (χ1n) is 9.81. The highest BCUT2D eigenvalue weighted by atomic mass is 16.2. The summed E-state index contributed by atoms with van der Waals surface area (Å²) >= 11 is 0. The van der Waals surface area contributed by atoms with Gasteiger partial charge in [-0.15, -0.1) is 0 Å². The lowest BCUT2D eigenvalue weighted by Crippen LogP contribution is -2.16. The number of nitrogens with one attached hydrogen (secondary N) is 1. The first-order valence-corrected chi connectivity index (χ1v) is 9.81. The highest BCUT2D eigenvalue weighted by Gasteiger charge is 2.17. The molecule has 0 spiro atoms. The average molecular weight is 395 g/mol. The van der Waals surface area contributed by atoms with Crippen LogP contribution in [0, 0.1) is 20.8 Å². The number of carbonyl (C=O) groups is 1. The largest absolute Gasteiger partial charge is 0.320 e. The molecule has 30 heavy (non-hydrogen) atoms. The summed E-state index contributed by atoms with van der Waals surface area (Å²) in [6, 6.07) is 15.8. The smallest absolute Gasteiger partial charge is 0.274 e. The normalized spacial score (nSPS) is 11.3. The fourth-order valence-electron chi connectivity index (χ4n) is 3.78. The Bertz CT molecular complexity index is 1430. The Morgan fingerprint density at radius 2 is 1.80 bits per heavy atom. The summed E-state index contributed by atoms with van der Waals surface area (Å²) in [5.41, 5.74) is 7.61. The van der Waals surface area contributed by atoms with Gasteiger partial charge in [-0.2, -0.15) is 0 Å². The summed E-state index contributed by atoms with van der Waals surface area (Å²) in [5, 5.41) is 3.07. The van der Waals surface area contributed by atoms with Crippen LogP contribution in [0.15, 0.2) is 67.1 Å². The van der Waals surface area contributed by atoms with E-state index in [-0.39, 0.29) is 5.91 Å². The van der Waals surface area contributed by atoms with Crippen LogP contribution < -0.4 is 5.32 Å². The molecular weight excluding hydrogens is 374 g/mol. The molecule has 0 saturated carbocycles. The summed E-state index contributed by atoms with van der Waals surface area (Å²) in [6.45, 7) is 5.88. The summed E-state index contributed by atoms with van der Waals surface area (Å²) in [7, 11) is 0. The summed E-state index contributed by atoms with van der Waals surface area (Å²) < 4.78 is 3.83. The predicted molar refractivity (Wildman–Crippen MR) is 118 cm³/mol. The third-order valence-corrected chi connectivity index (χ3v) is 5.38. The molecule has 5 rings (SSSR count). The molecule has 4 heterocycles. The van der Waals surface area contributed by atoms with Gasteiger partial charge in [0.1, 0.15) is 17.0 Å². The summed E-state index contributed by atoms with van der Waals surface area (Å²) in [4.78, 5) is 22.4. The third-order valence-electron chi connectivity index (χ3n) is 5.38. The molecule has 6 nitrogen and oxygen atoms in total. The van der Waals surface area contributed by atoms with Gasteiger partial charge >= 0.3 is 0 Å². The highest BCUT2D eigenvalue weighted by molar-refractivity contribution is 6.05. The summed E-state index contributed by atoms with van der Waals surface area (Å²) in [6.07, 6.45) is 5.85. The van der Waals surface area contributed by atoms with E-state index in [9.17, 15) is 4.79 Å². The molecule has 5 aromatic rings. The molecule has 1 amide bonds. The first kappa shape index (κ1) is 18.1. The van der Waals surface area contributed by atoms with Gasteiger partial charge in [0.2, 0.25) is 0 Å². The van der Waals surface area contributed by atoms with E-state index in [0.717, 1.165) is 39.4 Å². The monoisotopic (exact) mass is 395 g/mol. The van der Waals surface area contributed by atoms with Crippen molar-refractivity contribution < 1.29 is 4.79 Å². The number of aryl methyl sites for hydroxylation is 3. The number of fused-ring (bicyclic) bond motifs is 2. The zero-order chi connectivity index (χ0) is 20.8. The van der Waals surface area contributed by atoms with Gasteiger partial charge in [0, 0.05) is 29.8 Å². The van der Waals surface area contributed by atoms with Crippen LogP contribution in [-0.2, 0) is 0 Å². The lowest BCUT2D eigenvalue weighted by Gasteiger charge is -2.10. The maximum atomic E-state index is 13.1. The van der Waals surface area contributed by atoms with Gasteiger partial charge < -0.3 is 9.72 Å². The average Bonchev–Trinajstić information content (AvgIpc) is 3.31. The molecule has 4 aromatic heterocycles. The maximum Gasteiger partial charge on any atom is 0.274 e. The number of hydrogen-bond donors (Lipinski definition) is 1. The molecule has 1 aromatic carbocycles. The number of rotatable bonds is 3. The Balaban J connectivity index is 1.52. The number of amides is 1. The van der Waals surface area contributed by atoms with Gasteiger partial charge in [0.15, 0.2) is 0 Å². The second-order valence-corrected chi connectivity index (χ2v) is 7.51. The zero-order valence-corrected chi connectivity index (χ0v) is 17.0. The Labute approximate surface area is 173 Å². The van der Waals surface area contributed by atoms with Gasteiger partial charge in [0.05, 0.1) is 11.4 Å². The van der Waals surface area contributed by atoms with Crippen LogP contribution in [-0.4, -0.2) is 24.7 Å². The third kappa shape index (κ3) is 2.93. The fourth-order valence-corrected chi connectivity index (χ4v) is 3.78. The van der Waals surface area contributed by atoms with Gasteiger partial charge in [-0.3, -0.25) is 9.20 Å². The van der Waals surface area contributed by atoms with E-state index < -0.39 is 0 Å². The molecule has 6 heteroatoms. The molecule has 0 aliphatic heterocycles. The highest BCUT2D eigenvalue weighted by Crippen LogP contribution is 2.26. The van der Waals surface area contributed by atoms with Gasteiger partial charge in [-0.1, -0.05) is 24.3 Å². The second-order valence-electron chi connectivity index (χ2n) is 7.51. The number of anilines is 1. The van der Waals surface area contributed by atoms with Crippen molar-refractivity contribution >= 4 is 22.9 Å². The molecule has 1 N–H and O–H groups in total. The SMILES string of the molecule is Cc1ccc(-c2cn3cccc(C)c3n2)cc1NC(=O)c1c(C)nc2ccccn12. The van der Waals surface area contributed by atoms with Crippen LogP contribution >= 0.6 is 0 Å². The molecule has 0 atom stereocenters. The van der Waals surface area contributed by atoms with Crippen molar-refractivity contribution in [1.82, 2.24) is 18.8 Å². The summed E-state index contributed by atoms with van der Waals surface area (Å²) in [5.74, 6) is -0.183. The van der Waals surface area contributed by atoms with Crippen molar-refractivity contribution in [3.63, 3.8) is 0 Å². The zero-order valence-electron chi connectivity index (χ0n) is 17.0. The van der Waals surface area contributed by atoms with E-state index in [2.05, 4.69) is 10.3 Å². The number of benzene rings is 1. The second kappa shape index (κ2) is 6.84. The first-order chi connectivity index (χ1) is 14.5. The number of aromatic nitrogens is 4. The van der Waals surface area contributed by atoms with Crippen LogP contribution in [0.5, 0.6) is 0 Å². The molecule has 0 radical (unpaired) electrons. The Morgan fingerprint density at radius 3 is 2.63 bits per heavy atom. The molecule has 0 unspecified atom stereocenters. The van der Waals surface area contributed by atoms with Crippen molar-refractivity contribution in [3.8, 4) is 11.3 Å². The Kier molecular flexibility index (Phi) is 4.13. The van der Waals surface area contributed by atoms with Gasteiger partial charge in [-0.25, -0.2) is 9.97 Å². The van der Waals surface area contributed by atoms with Gasteiger partial charge in [0.25, 0.3) is 5.91 Å². The minimum Gasteiger partial charge on any atom is -0.320 e. The van der Waals surface area contributed by atoms with E-state index in [1.165, 1.54) is 0 Å². The standard InChI is InChI=1S/C24H21N5O/c1-15-9-10-18(20-14-28-11-6-7-16(2)23(28)26-20)13-19(15)27-24(30)22-17(3)25-21-8-4-5-12-29(21)22/h4-14H,1-3H3,(H,27,30). The number of pyridine rings is 2. The Morgan fingerprint density at radius 1 is 0.933 bits per heavy atom. The predicted octanol–water partition coefficient (Wildman–Crippen LogP) is 4.83. The van der Waals surface area contributed by atoms with E-state index in [0.29, 0.717) is 11.4 Å². The Hall–Kier alpha value is -3.93. The lowest BCUT2D eigenvalue weighted by molar-refractivity contribution is 0.102. The van der Waals surface area contributed by atoms with E-state index in [1.54, 1.807) is 0 Å². The molecule has 0 aliphatic rings. The number of nitrogens with zero attached hydrogens (tertiary/aromatic N) is 4. The maximum absolute atomic E-state index is 13.1. The number of imidazole rings is 2. The van der Waals surface area contributed by atoms with E-state index >= 15 is 0 Å². The minimum atomic E-state index is -0.183. The van der Waals surface area contributed by atoms with Crippen molar-refractivity contribution in [1.29, 1.82) is 0 Å². The van der Waals surface area contributed by atoms with Crippen LogP contribution in [0.4, 0.5) is 5.69 Å². The molecule has 0 bridgehead atoms. The number of carbonyl (C=O) groups excluding carboxylic acids is 1. The quantitative estimate of drug-likeness (QED) is 0.476. The van der Waals surface area contributed by atoms with Crippen molar-refractivity contribution in [2.24, 2.45) is 0 Å². The minimum absolute atomic E-state index is 0.183. The van der Waals surface area contributed by atoms with Crippen molar-refractivity contribution in [2.45, 2.75) is 20.8 Å². The van der Waals surface area contributed by atoms with E-state index in [4.69, 9.17) is 4.98 Å². The van der Waals surface area contributed by atoms with E-state index in [1.807, 2.05) is 96.7 Å². The molecular formula is C24H21N5O. The number of hydrogen-bond acceptors (Lipinski definition) is 3.